The van der Waals surface area contributed by atoms with Crippen LogP contribution >= 0.6 is 0 Å². The molecule has 4 heteroatoms. The summed E-state index contributed by atoms with van der Waals surface area (Å²) in [6.07, 6.45) is 0. The number of carbonyl (C=O) groups is 1. The summed E-state index contributed by atoms with van der Waals surface area (Å²) in [7, 11) is 3.69. The summed E-state index contributed by atoms with van der Waals surface area (Å²) in [5, 5.41) is 2.83. The molecule has 3 N–H and O–H groups in total. The van der Waals surface area contributed by atoms with Gasteiger partial charge in [0.1, 0.15) is 0 Å². The largest absolute Gasteiger partial charge is 0.324 e. The van der Waals surface area contributed by atoms with E-state index in [2.05, 4.69) is 17.2 Å². The first kappa shape index (κ1) is 13.2. The van der Waals surface area contributed by atoms with Crippen LogP contribution in [0.2, 0.25) is 0 Å². The average Bonchev–Trinajstić information content (AvgIpc) is 2.26. The van der Waals surface area contributed by atoms with Crippen molar-refractivity contribution in [2.75, 3.05) is 32.5 Å². The van der Waals surface area contributed by atoms with E-state index >= 15 is 0 Å². The molecule has 0 spiro atoms. The Morgan fingerprint density at radius 1 is 1.41 bits per heavy atom. The first-order valence-electron chi connectivity index (χ1n) is 5.36. The summed E-state index contributed by atoms with van der Waals surface area (Å²) in [5.74, 6) is 5.64. The van der Waals surface area contributed by atoms with Gasteiger partial charge in [-0.25, -0.2) is 0 Å². The number of benzene rings is 1. The van der Waals surface area contributed by atoms with Crippen LogP contribution in [-0.2, 0) is 4.79 Å². The number of rotatable bonds is 3. The minimum absolute atomic E-state index is 0.0583. The zero-order valence-corrected chi connectivity index (χ0v) is 10.2. The van der Waals surface area contributed by atoms with E-state index in [1.165, 1.54) is 0 Å². The van der Waals surface area contributed by atoms with Crippen molar-refractivity contribution < 1.29 is 4.79 Å². The van der Waals surface area contributed by atoms with E-state index < -0.39 is 0 Å². The molecular formula is C13H17N3O. The fraction of sp³-hybridized carbons (Fsp3) is 0.308. The van der Waals surface area contributed by atoms with Gasteiger partial charge in [0, 0.05) is 5.56 Å². The maximum atomic E-state index is 11.6. The summed E-state index contributed by atoms with van der Waals surface area (Å²) in [6, 6.07) is 7.42. The number of likely N-dealkylation sites (N-methyl/N-ethyl adjacent to an activating group) is 1. The van der Waals surface area contributed by atoms with Crippen molar-refractivity contribution in [3.8, 4) is 11.8 Å². The standard InChI is InChI=1S/C13H17N3O/c1-16(2)10-13(17)15-12-8-4-3-6-11(12)7-5-9-14/h3-4,6,8H,9-10,14H2,1-2H3,(H,15,17). The zero-order chi connectivity index (χ0) is 12.7. The predicted octanol–water partition coefficient (Wildman–Crippen LogP) is 0.497. The van der Waals surface area contributed by atoms with Crippen molar-refractivity contribution in [3.05, 3.63) is 29.8 Å². The molecule has 0 aliphatic carbocycles. The molecule has 17 heavy (non-hydrogen) atoms. The molecule has 0 saturated heterocycles. The smallest absolute Gasteiger partial charge is 0.238 e. The van der Waals surface area contributed by atoms with Gasteiger partial charge in [0.15, 0.2) is 0 Å². The Bertz CT molecular complexity index is 443. The maximum absolute atomic E-state index is 11.6. The van der Waals surface area contributed by atoms with Gasteiger partial charge >= 0.3 is 0 Å². The van der Waals surface area contributed by atoms with Crippen molar-refractivity contribution in [1.29, 1.82) is 0 Å². The molecule has 1 rings (SSSR count). The number of carbonyl (C=O) groups excluding carboxylic acids is 1. The minimum atomic E-state index is -0.0583. The van der Waals surface area contributed by atoms with Gasteiger partial charge in [0.2, 0.25) is 5.91 Å². The van der Waals surface area contributed by atoms with Crippen LogP contribution in [0.1, 0.15) is 5.56 Å². The van der Waals surface area contributed by atoms with Crippen molar-refractivity contribution in [1.82, 2.24) is 4.90 Å². The summed E-state index contributed by atoms with van der Waals surface area (Å²) in [4.78, 5) is 13.4. The third kappa shape index (κ3) is 4.68. The van der Waals surface area contributed by atoms with Crippen molar-refractivity contribution in [2.24, 2.45) is 5.73 Å². The van der Waals surface area contributed by atoms with Crippen molar-refractivity contribution in [3.63, 3.8) is 0 Å². The molecule has 0 heterocycles. The number of hydrogen-bond acceptors (Lipinski definition) is 3. The molecule has 0 fully saturated rings. The van der Waals surface area contributed by atoms with Gasteiger partial charge in [-0.1, -0.05) is 24.0 Å². The van der Waals surface area contributed by atoms with Crippen molar-refractivity contribution >= 4 is 11.6 Å². The number of nitrogens with zero attached hydrogens (tertiary/aromatic N) is 1. The molecule has 0 unspecified atom stereocenters. The molecule has 1 aromatic carbocycles. The fourth-order valence-electron chi connectivity index (χ4n) is 1.32. The van der Waals surface area contributed by atoms with Crippen LogP contribution in [-0.4, -0.2) is 38.0 Å². The number of para-hydroxylation sites is 1. The first-order valence-corrected chi connectivity index (χ1v) is 5.36. The van der Waals surface area contributed by atoms with Crippen LogP contribution in [0.4, 0.5) is 5.69 Å². The van der Waals surface area contributed by atoms with Gasteiger partial charge in [-0.05, 0) is 26.2 Å². The normalized spacial score (nSPS) is 9.65. The molecule has 1 aromatic rings. The molecule has 0 radical (unpaired) electrons. The van der Waals surface area contributed by atoms with Crippen LogP contribution in [0.5, 0.6) is 0 Å². The molecule has 0 aliphatic heterocycles. The lowest BCUT2D eigenvalue weighted by atomic mass is 10.2. The molecular weight excluding hydrogens is 214 g/mol. The Labute approximate surface area is 102 Å². The van der Waals surface area contributed by atoms with Crippen LogP contribution in [0.25, 0.3) is 0 Å². The Kier molecular flexibility index (Phi) is 5.21. The van der Waals surface area contributed by atoms with Gasteiger partial charge in [-0.15, -0.1) is 0 Å². The van der Waals surface area contributed by atoms with E-state index in [4.69, 9.17) is 5.73 Å². The minimum Gasteiger partial charge on any atom is -0.324 e. The van der Waals surface area contributed by atoms with E-state index in [-0.39, 0.29) is 5.91 Å². The molecule has 0 aromatic heterocycles. The van der Waals surface area contributed by atoms with Gasteiger partial charge in [-0.3, -0.25) is 4.79 Å². The Hall–Kier alpha value is -1.83. The lowest BCUT2D eigenvalue weighted by molar-refractivity contribution is -0.116. The first-order chi connectivity index (χ1) is 8.13. The van der Waals surface area contributed by atoms with Crippen LogP contribution in [0.3, 0.4) is 0 Å². The van der Waals surface area contributed by atoms with E-state index in [1.807, 2.05) is 43.3 Å². The monoisotopic (exact) mass is 231 g/mol. The quantitative estimate of drug-likeness (QED) is 0.745. The summed E-state index contributed by atoms with van der Waals surface area (Å²) in [6.45, 7) is 0.651. The Morgan fingerprint density at radius 3 is 2.76 bits per heavy atom. The summed E-state index contributed by atoms with van der Waals surface area (Å²) in [5.41, 5.74) is 6.83. The van der Waals surface area contributed by atoms with Crippen LogP contribution in [0, 0.1) is 11.8 Å². The van der Waals surface area contributed by atoms with E-state index in [0.29, 0.717) is 13.1 Å². The molecule has 1 amide bonds. The second-order valence-corrected chi connectivity index (χ2v) is 3.84. The maximum Gasteiger partial charge on any atom is 0.238 e. The predicted molar refractivity (Wildman–Crippen MR) is 69.6 cm³/mol. The number of nitrogens with two attached hydrogens (primary N) is 1. The van der Waals surface area contributed by atoms with Gasteiger partial charge in [0.25, 0.3) is 0 Å². The van der Waals surface area contributed by atoms with E-state index in [0.717, 1.165) is 11.3 Å². The zero-order valence-electron chi connectivity index (χ0n) is 10.2. The molecule has 4 nitrogen and oxygen atoms in total. The molecule has 0 saturated carbocycles. The molecule has 0 aliphatic rings. The Balaban J connectivity index is 2.80. The summed E-state index contributed by atoms with van der Waals surface area (Å²) >= 11 is 0. The highest BCUT2D eigenvalue weighted by atomic mass is 16.2. The van der Waals surface area contributed by atoms with Crippen LogP contribution < -0.4 is 11.1 Å². The number of hydrogen-bond donors (Lipinski definition) is 2. The fourth-order valence-corrected chi connectivity index (χ4v) is 1.32. The SMILES string of the molecule is CN(C)CC(=O)Nc1ccccc1C#CCN. The number of anilines is 1. The summed E-state index contributed by atoms with van der Waals surface area (Å²) < 4.78 is 0. The highest BCUT2D eigenvalue weighted by Crippen LogP contribution is 2.13. The average molecular weight is 231 g/mol. The topological polar surface area (TPSA) is 58.4 Å². The lowest BCUT2D eigenvalue weighted by Gasteiger charge is -2.11. The Morgan fingerprint density at radius 2 is 2.12 bits per heavy atom. The molecule has 0 atom stereocenters. The van der Waals surface area contributed by atoms with Gasteiger partial charge in [0.05, 0.1) is 18.8 Å². The third-order valence-electron chi connectivity index (χ3n) is 1.99. The highest BCUT2D eigenvalue weighted by Gasteiger charge is 2.05. The van der Waals surface area contributed by atoms with E-state index in [9.17, 15) is 4.79 Å². The van der Waals surface area contributed by atoms with Gasteiger partial charge < -0.3 is 16.0 Å². The second-order valence-electron chi connectivity index (χ2n) is 3.84. The molecule has 90 valence electrons. The van der Waals surface area contributed by atoms with E-state index in [1.54, 1.807) is 0 Å². The van der Waals surface area contributed by atoms with Crippen molar-refractivity contribution in [2.45, 2.75) is 0 Å². The lowest BCUT2D eigenvalue weighted by Crippen LogP contribution is -2.27. The third-order valence-corrected chi connectivity index (χ3v) is 1.99. The molecule has 0 bridgehead atoms. The van der Waals surface area contributed by atoms with Crippen LogP contribution in [0.15, 0.2) is 24.3 Å². The number of nitrogens with one attached hydrogen (secondary N) is 1. The highest BCUT2D eigenvalue weighted by molar-refractivity contribution is 5.93. The second kappa shape index (κ2) is 6.69. The van der Waals surface area contributed by atoms with Gasteiger partial charge in [-0.2, -0.15) is 0 Å². The number of amides is 1.